The van der Waals surface area contributed by atoms with E-state index in [1.165, 1.54) is 4.57 Å². The Bertz CT molecular complexity index is 481. The van der Waals surface area contributed by atoms with Crippen LogP contribution >= 0.6 is 12.2 Å². The van der Waals surface area contributed by atoms with Crippen molar-refractivity contribution in [3.63, 3.8) is 0 Å². The fraction of sp³-hybridized carbons (Fsp3) is 0.286. The molecule has 0 aromatic carbocycles. The third-order valence-corrected chi connectivity index (χ3v) is 1.94. The number of imidazole rings is 1. The first kappa shape index (κ1) is 12.8. The molecule has 1 heterocycles. The fourth-order valence-corrected chi connectivity index (χ4v) is 1.24. The molecule has 0 saturated carbocycles. The molecule has 0 spiro atoms. The van der Waals surface area contributed by atoms with Crippen LogP contribution < -0.4 is 16.9 Å². The molecule has 1 aromatic heterocycles. The number of nitrogens with one attached hydrogen (secondary N) is 1. The molecule has 0 unspecified atom stereocenters. The molecule has 0 fully saturated rings. The van der Waals surface area contributed by atoms with Gasteiger partial charge in [-0.25, -0.2) is 9.55 Å². The van der Waals surface area contributed by atoms with Crippen molar-refractivity contribution in [3.8, 4) is 0 Å². The van der Waals surface area contributed by atoms with Gasteiger partial charge in [0.2, 0.25) is 5.84 Å². The predicted octanol–water partition coefficient (Wildman–Crippen LogP) is -0.735. The predicted molar refractivity (Wildman–Crippen MR) is 65.2 cm³/mol. The summed E-state index contributed by atoms with van der Waals surface area (Å²) in [6, 6.07) is 0. The van der Waals surface area contributed by atoms with Crippen LogP contribution in [0.5, 0.6) is 0 Å². The van der Waals surface area contributed by atoms with Crippen LogP contribution in [0.1, 0.15) is 12.7 Å². The van der Waals surface area contributed by atoms with Crippen molar-refractivity contribution < 1.29 is 4.92 Å². The summed E-state index contributed by atoms with van der Waals surface area (Å²) in [6.45, 7) is 2.07. The molecule has 0 radical (unpaired) electrons. The van der Waals surface area contributed by atoms with Crippen LogP contribution in [0.3, 0.4) is 0 Å². The Labute approximate surface area is 102 Å². The Morgan fingerprint density at radius 3 is 2.88 bits per heavy atom. The van der Waals surface area contributed by atoms with Gasteiger partial charge in [-0.05, 0) is 24.1 Å². The highest BCUT2D eigenvalue weighted by Gasteiger charge is 2.21. The van der Waals surface area contributed by atoms with Crippen LogP contribution in [0.25, 0.3) is 0 Å². The topological polar surface area (TPSA) is 137 Å². The van der Waals surface area contributed by atoms with Gasteiger partial charge in [-0.15, -0.1) is 5.10 Å². The number of nitrogens with zero attached hydrogens (tertiary/aromatic N) is 4. The molecule has 9 nitrogen and oxygen atoms in total. The molecule has 1 rings (SSSR count). The van der Waals surface area contributed by atoms with Gasteiger partial charge in [-0.3, -0.25) is 5.43 Å². The second-order valence-corrected chi connectivity index (χ2v) is 3.35. The van der Waals surface area contributed by atoms with E-state index in [1.54, 1.807) is 6.92 Å². The lowest BCUT2D eigenvalue weighted by atomic mass is 10.5. The molecule has 0 saturated heterocycles. The first-order chi connectivity index (χ1) is 7.97. The zero-order valence-corrected chi connectivity index (χ0v) is 9.77. The summed E-state index contributed by atoms with van der Waals surface area (Å²) >= 11 is 4.54. The third kappa shape index (κ3) is 2.87. The van der Waals surface area contributed by atoms with E-state index in [0.717, 1.165) is 6.20 Å². The van der Waals surface area contributed by atoms with E-state index in [0.29, 0.717) is 6.54 Å². The average Bonchev–Trinajstić information content (AvgIpc) is 2.69. The van der Waals surface area contributed by atoms with Gasteiger partial charge in [0.05, 0.1) is 6.54 Å². The molecule has 0 aliphatic rings. The molecule has 0 aliphatic heterocycles. The second kappa shape index (κ2) is 5.21. The van der Waals surface area contributed by atoms with Crippen LogP contribution in [0.15, 0.2) is 11.3 Å². The van der Waals surface area contributed by atoms with Gasteiger partial charge in [0.15, 0.2) is 5.11 Å². The summed E-state index contributed by atoms with van der Waals surface area (Å²) in [5.74, 6) is -0.00771. The highest BCUT2D eigenvalue weighted by Crippen LogP contribution is 2.13. The molecule has 92 valence electrons. The van der Waals surface area contributed by atoms with Crippen LogP contribution in [0.2, 0.25) is 0 Å². The third-order valence-electron chi connectivity index (χ3n) is 1.85. The second-order valence-electron chi connectivity index (χ2n) is 2.91. The highest BCUT2D eigenvalue weighted by atomic mass is 32.1. The first-order valence-electron chi connectivity index (χ1n) is 4.56. The summed E-state index contributed by atoms with van der Waals surface area (Å²) < 4.78 is 1.32. The Morgan fingerprint density at radius 1 is 1.76 bits per heavy atom. The van der Waals surface area contributed by atoms with Crippen molar-refractivity contribution in [2.24, 2.45) is 16.6 Å². The number of amidine groups is 1. The maximum Gasteiger partial charge on any atom is 0.343 e. The molecule has 0 bridgehead atoms. The number of hydrogen-bond donors (Lipinski definition) is 3. The zero-order valence-electron chi connectivity index (χ0n) is 8.95. The minimum absolute atomic E-state index is 0.0345. The van der Waals surface area contributed by atoms with E-state index < -0.39 is 4.92 Å². The summed E-state index contributed by atoms with van der Waals surface area (Å²) in [6.07, 6.45) is 1.11. The van der Waals surface area contributed by atoms with Crippen LogP contribution in [-0.4, -0.2) is 25.4 Å². The lowest BCUT2D eigenvalue weighted by molar-refractivity contribution is -0.392. The summed E-state index contributed by atoms with van der Waals surface area (Å²) in [5.41, 5.74) is 13.0. The summed E-state index contributed by atoms with van der Waals surface area (Å²) in [4.78, 5) is 14.0. The number of nitrogens with two attached hydrogens (primary N) is 2. The maximum absolute atomic E-state index is 10.7. The van der Waals surface area contributed by atoms with Crippen molar-refractivity contribution in [1.82, 2.24) is 15.0 Å². The number of nitro groups is 1. The van der Waals surface area contributed by atoms with Gasteiger partial charge in [0.25, 0.3) is 5.82 Å². The Hall–Kier alpha value is -2.23. The molecule has 1 aromatic rings. The molecule has 0 atom stereocenters. The number of thiocarbonyl (C=S) groups is 1. The van der Waals surface area contributed by atoms with Crippen molar-refractivity contribution in [3.05, 3.63) is 22.1 Å². The first-order valence-corrected chi connectivity index (χ1v) is 4.97. The lowest BCUT2D eigenvalue weighted by Crippen LogP contribution is -2.29. The SMILES string of the molecule is CCn1c([N+](=O)[O-])cnc1C(N)=NNC(N)=S. The minimum atomic E-state index is -0.547. The maximum atomic E-state index is 10.7. The highest BCUT2D eigenvalue weighted by molar-refractivity contribution is 7.80. The van der Waals surface area contributed by atoms with Crippen molar-refractivity contribution in [2.45, 2.75) is 13.5 Å². The van der Waals surface area contributed by atoms with Gasteiger partial charge in [-0.2, -0.15) is 0 Å². The van der Waals surface area contributed by atoms with E-state index in [9.17, 15) is 10.1 Å². The normalized spacial score (nSPS) is 11.2. The summed E-state index contributed by atoms with van der Waals surface area (Å²) in [7, 11) is 0. The Morgan fingerprint density at radius 2 is 2.41 bits per heavy atom. The molecule has 17 heavy (non-hydrogen) atoms. The van der Waals surface area contributed by atoms with Gasteiger partial charge < -0.3 is 21.6 Å². The molecular weight excluding hydrogens is 246 g/mol. The van der Waals surface area contributed by atoms with Gasteiger partial charge in [0.1, 0.15) is 6.20 Å². The Kier molecular flexibility index (Phi) is 3.93. The standard InChI is InChI=1S/C7H11N7O2S/c1-2-13-4(14(15)16)3-10-6(13)5(8)11-12-7(9)17/h3H,2H2,1H3,(H2,8,11)(H3,9,12,17). The van der Waals surface area contributed by atoms with E-state index in [1.807, 2.05) is 0 Å². The quantitative estimate of drug-likeness (QED) is 0.212. The lowest BCUT2D eigenvalue weighted by Gasteiger charge is -2.01. The molecule has 5 N–H and O–H groups in total. The van der Waals surface area contributed by atoms with Gasteiger partial charge >= 0.3 is 5.82 Å². The van der Waals surface area contributed by atoms with Crippen LogP contribution in [0, 0.1) is 10.1 Å². The molecular formula is C7H11N7O2S. The molecule has 0 aliphatic carbocycles. The van der Waals surface area contributed by atoms with E-state index in [4.69, 9.17) is 11.5 Å². The van der Waals surface area contributed by atoms with Crippen LogP contribution in [-0.2, 0) is 6.54 Å². The summed E-state index contributed by atoms with van der Waals surface area (Å²) in [5, 5.41) is 14.3. The number of aromatic nitrogens is 2. The monoisotopic (exact) mass is 257 g/mol. The zero-order chi connectivity index (χ0) is 13.0. The number of hydrogen-bond acceptors (Lipinski definition) is 5. The smallest absolute Gasteiger partial charge is 0.343 e. The average molecular weight is 257 g/mol. The van der Waals surface area contributed by atoms with E-state index >= 15 is 0 Å². The molecule has 10 heteroatoms. The molecule has 0 amide bonds. The number of hydrazone groups is 1. The number of rotatable bonds is 4. The van der Waals surface area contributed by atoms with Crippen LogP contribution in [0.4, 0.5) is 5.82 Å². The van der Waals surface area contributed by atoms with E-state index in [2.05, 4.69) is 27.7 Å². The fourth-order valence-electron chi connectivity index (χ4n) is 1.19. The van der Waals surface area contributed by atoms with Crippen molar-refractivity contribution >= 4 is 29.0 Å². The van der Waals surface area contributed by atoms with Crippen molar-refractivity contribution in [2.75, 3.05) is 0 Å². The van der Waals surface area contributed by atoms with E-state index in [-0.39, 0.29) is 22.6 Å². The Balaban J connectivity index is 3.10. The van der Waals surface area contributed by atoms with Gasteiger partial charge in [-0.1, -0.05) is 0 Å². The van der Waals surface area contributed by atoms with Crippen molar-refractivity contribution in [1.29, 1.82) is 0 Å². The minimum Gasteiger partial charge on any atom is -0.377 e. The largest absolute Gasteiger partial charge is 0.377 e. The van der Waals surface area contributed by atoms with Gasteiger partial charge in [0, 0.05) is 0 Å².